The molecule has 0 saturated carbocycles. The van der Waals surface area contributed by atoms with Crippen LogP contribution in [0.1, 0.15) is 23.7 Å². The minimum absolute atomic E-state index is 0.629. The molecule has 0 fully saturated rings. The van der Waals surface area contributed by atoms with E-state index >= 15 is 0 Å². The largest absolute Gasteiger partial charge is 0.377 e. The molecule has 148 valence electrons. The van der Waals surface area contributed by atoms with E-state index in [0.29, 0.717) is 6.61 Å². The summed E-state index contributed by atoms with van der Waals surface area (Å²) >= 11 is 0. The number of benzene rings is 2. The van der Waals surface area contributed by atoms with E-state index in [1.807, 2.05) is 30.8 Å². The van der Waals surface area contributed by atoms with Crippen LogP contribution in [-0.2, 0) is 11.3 Å². The molecule has 0 unspecified atom stereocenters. The molecule has 0 bridgehead atoms. The van der Waals surface area contributed by atoms with Crippen molar-refractivity contribution in [3.63, 3.8) is 0 Å². The number of nitrogens with one attached hydrogen (secondary N) is 2. The molecule has 29 heavy (non-hydrogen) atoms. The van der Waals surface area contributed by atoms with Gasteiger partial charge in [-0.1, -0.05) is 24.3 Å². The number of hydrogen-bond donors (Lipinski definition) is 2. The number of aromatic amines is 1. The summed E-state index contributed by atoms with van der Waals surface area (Å²) in [7, 11) is 0. The van der Waals surface area contributed by atoms with Gasteiger partial charge < -0.3 is 15.0 Å². The van der Waals surface area contributed by atoms with Gasteiger partial charge in [0.05, 0.1) is 18.0 Å². The van der Waals surface area contributed by atoms with Gasteiger partial charge in [-0.2, -0.15) is 5.10 Å². The molecular formula is C24H26N4O. The Morgan fingerprint density at radius 3 is 2.55 bits per heavy atom. The first-order valence-electron chi connectivity index (χ1n) is 9.89. The third-order valence-electron chi connectivity index (χ3n) is 4.90. The van der Waals surface area contributed by atoms with Gasteiger partial charge in [-0.15, -0.1) is 0 Å². The molecule has 2 aromatic heterocycles. The molecule has 5 heteroatoms. The number of H-pyrrole nitrogens is 1. The smallest absolute Gasteiger partial charge is 0.108 e. The summed E-state index contributed by atoms with van der Waals surface area (Å²) in [5, 5.41) is 7.95. The zero-order chi connectivity index (χ0) is 20.2. The maximum Gasteiger partial charge on any atom is 0.108 e. The summed E-state index contributed by atoms with van der Waals surface area (Å²) in [4.78, 5) is 3.47. The molecule has 2 heterocycles. The summed E-state index contributed by atoms with van der Waals surface area (Å²) in [6.07, 6.45) is 1.98. The topological polar surface area (TPSA) is 54.9 Å². The van der Waals surface area contributed by atoms with Crippen LogP contribution in [0.4, 0.5) is 11.5 Å². The first-order chi connectivity index (χ1) is 14.1. The highest BCUT2D eigenvalue weighted by Gasteiger charge is 2.06. The Labute approximate surface area is 171 Å². The van der Waals surface area contributed by atoms with E-state index in [9.17, 15) is 0 Å². The normalized spacial score (nSPS) is 11.0. The third-order valence-corrected chi connectivity index (χ3v) is 4.90. The van der Waals surface area contributed by atoms with Crippen LogP contribution in [0.2, 0.25) is 0 Å². The predicted molar refractivity (Wildman–Crippen MR) is 118 cm³/mol. The van der Waals surface area contributed by atoms with E-state index in [2.05, 4.69) is 76.9 Å². The average Bonchev–Trinajstić information content (AvgIpc) is 3.38. The van der Waals surface area contributed by atoms with Gasteiger partial charge in [0.1, 0.15) is 5.82 Å². The maximum absolute atomic E-state index is 5.53. The number of aromatic nitrogens is 3. The first-order valence-corrected chi connectivity index (χ1v) is 9.89. The van der Waals surface area contributed by atoms with Crippen LogP contribution >= 0.6 is 0 Å². The molecule has 5 nitrogen and oxygen atoms in total. The molecular weight excluding hydrogens is 360 g/mol. The molecule has 0 radical (unpaired) electrons. The molecule has 0 spiro atoms. The van der Waals surface area contributed by atoms with E-state index < -0.39 is 0 Å². The Kier molecular flexibility index (Phi) is 5.49. The van der Waals surface area contributed by atoms with Gasteiger partial charge in [0.15, 0.2) is 0 Å². The van der Waals surface area contributed by atoms with Crippen molar-refractivity contribution in [1.29, 1.82) is 0 Å². The second kappa shape index (κ2) is 8.37. The first kappa shape index (κ1) is 19.0. The minimum atomic E-state index is 0.629. The van der Waals surface area contributed by atoms with Crippen LogP contribution in [0.15, 0.2) is 66.9 Å². The van der Waals surface area contributed by atoms with Crippen molar-refractivity contribution in [3.8, 4) is 16.9 Å². The van der Waals surface area contributed by atoms with Crippen LogP contribution in [0.5, 0.6) is 0 Å². The Bertz CT molecular complexity index is 1090. The van der Waals surface area contributed by atoms with E-state index in [1.165, 1.54) is 5.56 Å². The molecule has 2 N–H and O–H groups in total. The average molecular weight is 386 g/mol. The minimum Gasteiger partial charge on any atom is -0.377 e. The fourth-order valence-corrected chi connectivity index (χ4v) is 3.25. The van der Waals surface area contributed by atoms with Gasteiger partial charge in [-0.3, -0.25) is 0 Å². The zero-order valence-corrected chi connectivity index (χ0v) is 17.1. The number of rotatable bonds is 7. The Balaban J connectivity index is 1.50. The van der Waals surface area contributed by atoms with Crippen molar-refractivity contribution in [3.05, 3.63) is 83.7 Å². The summed E-state index contributed by atoms with van der Waals surface area (Å²) in [5.74, 6) is 0.962. The van der Waals surface area contributed by atoms with Gasteiger partial charge in [0, 0.05) is 24.2 Å². The highest BCUT2D eigenvalue weighted by Crippen LogP contribution is 2.26. The molecule has 0 atom stereocenters. The highest BCUT2D eigenvalue weighted by atomic mass is 16.5. The quantitative estimate of drug-likeness (QED) is 0.424. The lowest BCUT2D eigenvalue weighted by molar-refractivity contribution is 0.134. The monoisotopic (exact) mass is 386 g/mol. The van der Waals surface area contributed by atoms with Crippen molar-refractivity contribution in [2.75, 3.05) is 11.9 Å². The highest BCUT2D eigenvalue weighted by molar-refractivity contribution is 5.68. The van der Waals surface area contributed by atoms with E-state index in [0.717, 1.165) is 46.3 Å². The molecule has 2 aromatic carbocycles. The number of nitrogens with zero attached hydrogens (tertiary/aromatic N) is 2. The van der Waals surface area contributed by atoms with E-state index in [4.69, 9.17) is 4.74 Å². The van der Waals surface area contributed by atoms with Crippen molar-refractivity contribution < 1.29 is 4.74 Å². The van der Waals surface area contributed by atoms with Crippen molar-refractivity contribution >= 4 is 11.5 Å². The molecule has 0 aliphatic carbocycles. The van der Waals surface area contributed by atoms with Crippen molar-refractivity contribution in [2.24, 2.45) is 0 Å². The molecule has 0 aliphatic heterocycles. The van der Waals surface area contributed by atoms with Crippen molar-refractivity contribution in [1.82, 2.24) is 14.8 Å². The summed E-state index contributed by atoms with van der Waals surface area (Å²) in [6, 6.07) is 20.9. The van der Waals surface area contributed by atoms with Crippen LogP contribution in [0.3, 0.4) is 0 Å². The number of ether oxygens (including phenoxy) is 1. The van der Waals surface area contributed by atoms with Gasteiger partial charge >= 0.3 is 0 Å². The van der Waals surface area contributed by atoms with Crippen molar-refractivity contribution in [2.45, 2.75) is 27.4 Å². The second-order valence-electron chi connectivity index (χ2n) is 7.15. The van der Waals surface area contributed by atoms with Crippen LogP contribution in [0, 0.1) is 13.8 Å². The Hall–Kier alpha value is -3.31. The van der Waals surface area contributed by atoms with E-state index in [-0.39, 0.29) is 0 Å². The molecule has 0 aliphatic rings. The van der Waals surface area contributed by atoms with Gasteiger partial charge in [-0.05, 0) is 73.9 Å². The third kappa shape index (κ3) is 4.41. The molecule has 4 rings (SSSR count). The van der Waals surface area contributed by atoms with Crippen LogP contribution in [-0.4, -0.2) is 21.4 Å². The zero-order valence-electron chi connectivity index (χ0n) is 17.1. The van der Waals surface area contributed by atoms with E-state index in [1.54, 1.807) is 0 Å². The van der Waals surface area contributed by atoms with Crippen LogP contribution < -0.4 is 5.32 Å². The number of aryl methyl sites for hydroxylation is 2. The standard InChI is InChI=1S/C24H26N4O/c1-4-29-16-19-6-5-17(2)23(15-19)26-24-12-11-22(25-24)20-7-9-21(10-8-20)28-14-13-18(3)27-28/h5-15,25-26H,4,16H2,1-3H3. The fourth-order valence-electron chi connectivity index (χ4n) is 3.25. The summed E-state index contributed by atoms with van der Waals surface area (Å²) < 4.78 is 7.42. The number of anilines is 2. The number of hydrogen-bond acceptors (Lipinski definition) is 3. The molecule has 0 saturated heterocycles. The predicted octanol–water partition coefficient (Wildman–Crippen LogP) is 5.76. The summed E-state index contributed by atoms with van der Waals surface area (Å²) in [6.45, 7) is 7.45. The molecule has 0 amide bonds. The molecule has 4 aromatic rings. The van der Waals surface area contributed by atoms with Gasteiger partial charge in [0.2, 0.25) is 0 Å². The Morgan fingerprint density at radius 1 is 1.00 bits per heavy atom. The lowest BCUT2D eigenvalue weighted by Crippen LogP contribution is -1.97. The van der Waals surface area contributed by atoms with Gasteiger partial charge in [0.25, 0.3) is 0 Å². The summed E-state index contributed by atoms with van der Waals surface area (Å²) in [5.41, 5.74) is 7.70. The van der Waals surface area contributed by atoms with Crippen LogP contribution in [0.25, 0.3) is 16.9 Å². The maximum atomic E-state index is 5.53. The van der Waals surface area contributed by atoms with Gasteiger partial charge in [-0.25, -0.2) is 4.68 Å². The second-order valence-corrected chi connectivity index (χ2v) is 7.15. The fraction of sp³-hybridized carbons (Fsp3) is 0.208. The Morgan fingerprint density at radius 2 is 1.83 bits per heavy atom. The SMILES string of the molecule is CCOCc1ccc(C)c(Nc2ccc(-c3ccc(-n4ccc(C)n4)cc3)[nH]2)c1. The lowest BCUT2D eigenvalue weighted by atomic mass is 10.1. The lowest BCUT2D eigenvalue weighted by Gasteiger charge is -2.11.